The predicted molar refractivity (Wildman–Crippen MR) is 71.5 cm³/mol. The van der Waals surface area contributed by atoms with E-state index in [1.54, 1.807) is 23.4 Å². The third kappa shape index (κ3) is 4.56. The highest BCUT2D eigenvalue weighted by molar-refractivity contribution is 7.80. The van der Waals surface area contributed by atoms with Crippen LogP contribution in [-0.2, 0) is 0 Å². The van der Waals surface area contributed by atoms with Crippen molar-refractivity contribution in [3.8, 4) is 0 Å². The van der Waals surface area contributed by atoms with E-state index in [2.05, 4.69) is 10.3 Å². The standard InChI is InChI=1S/C10H12N4O2S/c1-13(2)7-11-10(17)12-8-3-5-9(6-4-8)14(15)16/h3-7H,1-2H3,(H,12,17)/b11-7-. The van der Waals surface area contributed by atoms with E-state index in [0.717, 1.165) is 0 Å². The summed E-state index contributed by atoms with van der Waals surface area (Å²) in [5.74, 6) is 0. The fraction of sp³-hybridized carbons (Fsp3) is 0.200. The summed E-state index contributed by atoms with van der Waals surface area (Å²) in [6, 6.07) is 5.96. The van der Waals surface area contributed by atoms with Crippen molar-refractivity contribution < 1.29 is 4.92 Å². The van der Waals surface area contributed by atoms with E-state index >= 15 is 0 Å². The molecule has 0 unspecified atom stereocenters. The maximum Gasteiger partial charge on any atom is 0.269 e. The van der Waals surface area contributed by atoms with Crippen LogP contribution in [0.3, 0.4) is 0 Å². The topological polar surface area (TPSA) is 70.8 Å². The number of aliphatic imine (C=N–C) groups is 1. The molecule has 0 saturated carbocycles. The Bertz CT molecular complexity index is 442. The van der Waals surface area contributed by atoms with Crippen LogP contribution in [0.4, 0.5) is 11.4 Å². The van der Waals surface area contributed by atoms with Crippen molar-refractivity contribution in [1.29, 1.82) is 0 Å². The second kappa shape index (κ2) is 5.90. The highest BCUT2D eigenvalue weighted by atomic mass is 32.1. The maximum atomic E-state index is 10.4. The van der Waals surface area contributed by atoms with Crippen LogP contribution in [0.1, 0.15) is 0 Å². The number of benzene rings is 1. The minimum absolute atomic E-state index is 0.0401. The summed E-state index contributed by atoms with van der Waals surface area (Å²) >= 11 is 4.97. The molecule has 0 saturated heterocycles. The van der Waals surface area contributed by atoms with Crippen LogP contribution < -0.4 is 5.32 Å². The molecular weight excluding hydrogens is 240 g/mol. The van der Waals surface area contributed by atoms with Crippen LogP contribution in [0.25, 0.3) is 0 Å². The van der Waals surface area contributed by atoms with Gasteiger partial charge in [0.1, 0.15) is 0 Å². The first-order chi connectivity index (χ1) is 7.99. The Morgan fingerprint density at radius 2 is 2.06 bits per heavy atom. The fourth-order valence-corrected chi connectivity index (χ4v) is 1.16. The van der Waals surface area contributed by atoms with Gasteiger partial charge in [0.25, 0.3) is 5.69 Å². The summed E-state index contributed by atoms with van der Waals surface area (Å²) < 4.78 is 0. The van der Waals surface area contributed by atoms with Gasteiger partial charge in [-0.25, -0.2) is 4.99 Å². The highest BCUT2D eigenvalue weighted by Crippen LogP contribution is 2.15. The van der Waals surface area contributed by atoms with Gasteiger partial charge in [0.15, 0.2) is 5.11 Å². The lowest BCUT2D eigenvalue weighted by molar-refractivity contribution is -0.384. The Morgan fingerprint density at radius 3 is 2.53 bits per heavy atom. The molecule has 0 aliphatic heterocycles. The summed E-state index contributed by atoms with van der Waals surface area (Å²) in [5.41, 5.74) is 0.703. The van der Waals surface area contributed by atoms with E-state index in [-0.39, 0.29) is 5.69 Å². The molecule has 0 atom stereocenters. The lowest BCUT2D eigenvalue weighted by atomic mass is 10.3. The molecule has 0 aliphatic carbocycles. The quantitative estimate of drug-likeness (QED) is 0.292. The number of nitrogens with zero attached hydrogens (tertiary/aromatic N) is 3. The first kappa shape index (κ1) is 13.0. The second-order valence-electron chi connectivity index (χ2n) is 3.44. The number of nitro benzene ring substituents is 1. The van der Waals surface area contributed by atoms with E-state index in [1.165, 1.54) is 12.1 Å². The average Bonchev–Trinajstić information content (AvgIpc) is 2.27. The van der Waals surface area contributed by atoms with E-state index < -0.39 is 4.92 Å². The lowest BCUT2D eigenvalue weighted by Gasteiger charge is -2.05. The molecular formula is C10H12N4O2S. The molecule has 0 heterocycles. The lowest BCUT2D eigenvalue weighted by Crippen LogP contribution is -2.12. The van der Waals surface area contributed by atoms with Gasteiger partial charge < -0.3 is 10.2 Å². The molecule has 0 aliphatic rings. The largest absolute Gasteiger partial charge is 0.369 e. The third-order valence-electron chi connectivity index (χ3n) is 1.74. The van der Waals surface area contributed by atoms with Crippen LogP contribution in [0, 0.1) is 10.1 Å². The SMILES string of the molecule is CN(C)/C=N\C(=S)Nc1ccc([N+](=O)[O-])cc1. The van der Waals surface area contributed by atoms with E-state index in [9.17, 15) is 10.1 Å². The highest BCUT2D eigenvalue weighted by Gasteiger charge is 2.03. The molecule has 17 heavy (non-hydrogen) atoms. The molecule has 0 aromatic heterocycles. The molecule has 6 nitrogen and oxygen atoms in total. The Balaban J connectivity index is 2.63. The number of hydrogen-bond acceptors (Lipinski definition) is 3. The summed E-state index contributed by atoms with van der Waals surface area (Å²) in [7, 11) is 3.66. The van der Waals surface area contributed by atoms with Crippen molar-refractivity contribution in [2.45, 2.75) is 0 Å². The molecule has 90 valence electrons. The molecule has 7 heteroatoms. The average molecular weight is 252 g/mol. The van der Waals surface area contributed by atoms with Gasteiger partial charge in [-0.15, -0.1) is 0 Å². The first-order valence-electron chi connectivity index (χ1n) is 4.75. The zero-order valence-corrected chi connectivity index (χ0v) is 10.3. The minimum atomic E-state index is -0.452. The molecule has 0 spiro atoms. The van der Waals surface area contributed by atoms with Crippen LogP contribution in [-0.4, -0.2) is 35.4 Å². The van der Waals surface area contributed by atoms with Crippen molar-refractivity contribution in [2.24, 2.45) is 4.99 Å². The van der Waals surface area contributed by atoms with Crippen molar-refractivity contribution in [3.63, 3.8) is 0 Å². The smallest absolute Gasteiger partial charge is 0.269 e. The molecule has 1 aromatic carbocycles. The summed E-state index contributed by atoms with van der Waals surface area (Å²) in [4.78, 5) is 15.7. The molecule has 0 radical (unpaired) electrons. The van der Waals surface area contributed by atoms with Crippen molar-refractivity contribution >= 4 is 35.0 Å². The van der Waals surface area contributed by atoms with E-state index in [1.807, 2.05) is 14.1 Å². The van der Waals surface area contributed by atoms with E-state index in [4.69, 9.17) is 12.2 Å². The molecule has 1 aromatic rings. The molecule has 1 rings (SSSR count). The second-order valence-corrected chi connectivity index (χ2v) is 3.83. The molecule has 0 bridgehead atoms. The maximum absolute atomic E-state index is 10.4. The van der Waals surface area contributed by atoms with Gasteiger partial charge >= 0.3 is 0 Å². The van der Waals surface area contributed by atoms with Gasteiger partial charge in [-0.2, -0.15) is 0 Å². The first-order valence-corrected chi connectivity index (χ1v) is 5.16. The third-order valence-corrected chi connectivity index (χ3v) is 1.94. The van der Waals surface area contributed by atoms with Crippen LogP contribution in [0.2, 0.25) is 0 Å². The number of thiocarbonyl (C=S) groups is 1. The van der Waals surface area contributed by atoms with Gasteiger partial charge in [-0.3, -0.25) is 10.1 Å². The van der Waals surface area contributed by atoms with Crippen molar-refractivity contribution in [3.05, 3.63) is 34.4 Å². The van der Waals surface area contributed by atoms with Crippen LogP contribution in [0.5, 0.6) is 0 Å². The predicted octanol–water partition coefficient (Wildman–Crippen LogP) is 1.88. The Morgan fingerprint density at radius 1 is 1.47 bits per heavy atom. The zero-order chi connectivity index (χ0) is 12.8. The number of anilines is 1. The number of non-ortho nitro benzene ring substituents is 1. The fourth-order valence-electron chi connectivity index (χ4n) is 0.990. The Kier molecular flexibility index (Phi) is 4.53. The summed E-state index contributed by atoms with van der Waals surface area (Å²) in [5, 5.41) is 13.6. The Hall–Kier alpha value is -2.02. The zero-order valence-electron chi connectivity index (χ0n) is 9.45. The van der Waals surface area contributed by atoms with Crippen molar-refractivity contribution in [2.75, 3.05) is 19.4 Å². The van der Waals surface area contributed by atoms with Crippen molar-refractivity contribution in [1.82, 2.24) is 4.90 Å². The van der Waals surface area contributed by atoms with Gasteiger partial charge in [-0.1, -0.05) is 0 Å². The van der Waals surface area contributed by atoms with Gasteiger partial charge in [-0.05, 0) is 24.4 Å². The number of rotatable bonds is 3. The number of hydrogen-bond donors (Lipinski definition) is 1. The van der Waals surface area contributed by atoms with Crippen LogP contribution >= 0.6 is 12.2 Å². The van der Waals surface area contributed by atoms with Gasteiger partial charge in [0.2, 0.25) is 0 Å². The number of nitro groups is 1. The van der Waals surface area contributed by atoms with Gasteiger partial charge in [0, 0.05) is 31.9 Å². The molecule has 1 N–H and O–H groups in total. The van der Waals surface area contributed by atoms with Gasteiger partial charge in [0.05, 0.1) is 11.3 Å². The molecule has 0 fully saturated rings. The molecule has 0 amide bonds. The Labute approximate surface area is 104 Å². The minimum Gasteiger partial charge on any atom is -0.369 e. The van der Waals surface area contributed by atoms with Crippen LogP contribution in [0.15, 0.2) is 29.3 Å². The summed E-state index contributed by atoms with van der Waals surface area (Å²) in [6.45, 7) is 0. The monoisotopic (exact) mass is 252 g/mol. The normalized spacial score (nSPS) is 10.2. The number of nitrogens with one attached hydrogen (secondary N) is 1. The summed E-state index contributed by atoms with van der Waals surface area (Å²) in [6.07, 6.45) is 1.57. The van der Waals surface area contributed by atoms with E-state index in [0.29, 0.717) is 10.8 Å².